The van der Waals surface area contributed by atoms with Crippen molar-refractivity contribution >= 4 is 11.9 Å². The van der Waals surface area contributed by atoms with E-state index in [1.165, 1.54) is 22.1 Å². The molecule has 0 fully saturated rings. The molecule has 0 aliphatic heterocycles. The molecule has 6 nitrogen and oxygen atoms in total. The van der Waals surface area contributed by atoms with E-state index in [4.69, 9.17) is 5.73 Å². The lowest BCUT2D eigenvalue weighted by Crippen LogP contribution is -2.35. The van der Waals surface area contributed by atoms with Gasteiger partial charge in [-0.15, -0.1) is 5.10 Å². The van der Waals surface area contributed by atoms with Gasteiger partial charge in [0.2, 0.25) is 11.9 Å². The first-order valence-corrected chi connectivity index (χ1v) is 7.13. The number of hydrogen-bond donors (Lipinski definition) is 1. The van der Waals surface area contributed by atoms with Gasteiger partial charge in [-0.05, 0) is 30.4 Å². The van der Waals surface area contributed by atoms with E-state index in [9.17, 15) is 4.79 Å². The van der Waals surface area contributed by atoms with Crippen LogP contribution in [0.4, 0.5) is 5.95 Å². The van der Waals surface area contributed by atoms with Gasteiger partial charge in [-0.3, -0.25) is 4.79 Å². The zero-order valence-electron chi connectivity index (χ0n) is 12.1. The third-order valence-corrected chi connectivity index (χ3v) is 4.05. The lowest BCUT2D eigenvalue weighted by molar-refractivity contribution is -0.133. The second-order valence-electron chi connectivity index (χ2n) is 5.41. The van der Waals surface area contributed by atoms with Gasteiger partial charge in [0, 0.05) is 7.05 Å². The summed E-state index contributed by atoms with van der Waals surface area (Å²) < 4.78 is 1.48. The number of carbonyl (C=O) groups excluding carboxylic acids is 1. The quantitative estimate of drug-likeness (QED) is 0.924. The van der Waals surface area contributed by atoms with E-state index < -0.39 is 0 Å². The van der Waals surface area contributed by atoms with Crippen LogP contribution in [0.2, 0.25) is 0 Å². The monoisotopic (exact) mass is 285 g/mol. The van der Waals surface area contributed by atoms with E-state index in [1.54, 1.807) is 0 Å². The number of nitrogen functional groups attached to an aromatic ring is 1. The summed E-state index contributed by atoms with van der Waals surface area (Å²) in [6.45, 7) is 0.166. The normalized spacial score (nSPS) is 17.3. The first-order chi connectivity index (χ1) is 10.1. The standard InChI is InChI=1S/C15H19N5O/c1-19(14(21)9-20-10-17-15(16)18-20)13-8-4-6-11-5-2-3-7-12(11)13/h2-3,5,7,10,13H,4,6,8-9H2,1H3,(H2,16,18). The van der Waals surface area contributed by atoms with Crippen molar-refractivity contribution in [3.8, 4) is 0 Å². The third-order valence-electron chi connectivity index (χ3n) is 4.05. The van der Waals surface area contributed by atoms with E-state index in [2.05, 4.69) is 28.3 Å². The molecule has 6 heteroatoms. The Labute approximate surface area is 123 Å². The Hall–Kier alpha value is -2.37. The van der Waals surface area contributed by atoms with E-state index >= 15 is 0 Å². The number of rotatable bonds is 3. The number of nitrogens with two attached hydrogens (primary N) is 1. The number of anilines is 1. The van der Waals surface area contributed by atoms with Crippen LogP contribution in [0.25, 0.3) is 0 Å². The molecule has 1 aliphatic carbocycles. The van der Waals surface area contributed by atoms with E-state index in [0.29, 0.717) is 0 Å². The highest BCUT2D eigenvalue weighted by Crippen LogP contribution is 2.33. The van der Waals surface area contributed by atoms with Crippen LogP contribution < -0.4 is 5.73 Å². The predicted molar refractivity (Wildman–Crippen MR) is 79.3 cm³/mol. The maximum Gasteiger partial charge on any atom is 0.244 e. The van der Waals surface area contributed by atoms with Crippen molar-refractivity contribution < 1.29 is 4.79 Å². The van der Waals surface area contributed by atoms with Gasteiger partial charge in [0.25, 0.3) is 0 Å². The molecular weight excluding hydrogens is 266 g/mol. The number of carbonyl (C=O) groups is 1. The van der Waals surface area contributed by atoms with Crippen LogP contribution in [0, 0.1) is 0 Å². The van der Waals surface area contributed by atoms with Crippen molar-refractivity contribution in [2.45, 2.75) is 31.8 Å². The van der Waals surface area contributed by atoms with Gasteiger partial charge in [0.1, 0.15) is 12.9 Å². The zero-order valence-corrected chi connectivity index (χ0v) is 12.1. The highest BCUT2D eigenvalue weighted by atomic mass is 16.2. The summed E-state index contributed by atoms with van der Waals surface area (Å²) in [7, 11) is 1.86. The first-order valence-electron chi connectivity index (χ1n) is 7.13. The summed E-state index contributed by atoms with van der Waals surface area (Å²) in [6.07, 6.45) is 4.68. The second kappa shape index (κ2) is 5.55. The summed E-state index contributed by atoms with van der Waals surface area (Å²) in [5.74, 6) is 0.204. The average Bonchev–Trinajstić information content (AvgIpc) is 2.91. The summed E-state index contributed by atoms with van der Waals surface area (Å²) in [5, 5.41) is 3.96. The first kappa shape index (κ1) is 13.6. The molecule has 110 valence electrons. The highest BCUT2D eigenvalue weighted by molar-refractivity contribution is 5.76. The molecule has 0 saturated heterocycles. The van der Waals surface area contributed by atoms with Crippen molar-refractivity contribution in [1.29, 1.82) is 0 Å². The molecule has 0 bridgehead atoms. The summed E-state index contributed by atoms with van der Waals surface area (Å²) in [4.78, 5) is 18.1. The number of amides is 1. The molecule has 1 aromatic carbocycles. The maximum absolute atomic E-state index is 12.4. The number of fused-ring (bicyclic) bond motifs is 1. The van der Waals surface area contributed by atoms with Gasteiger partial charge >= 0.3 is 0 Å². The number of nitrogens with zero attached hydrogens (tertiary/aromatic N) is 4. The summed E-state index contributed by atoms with van der Waals surface area (Å²) in [6, 6.07) is 8.51. The summed E-state index contributed by atoms with van der Waals surface area (Å²) >= 11 is 0. The molecule has 0 radical (unpaired) electrons. The van der Waals surface area contributed by atoms with Gasteiger partial charge in [0.15, 0.2) is 0 Å². The smallest absolute Gasteiger partial charge is 0.244 e. The Morgan fingerprint density at radius 1 is 1.48 bits per heavy atom. The number of likely N-dealkylation sites (N-methyl/N-ethyl adjacent to an activating group) is 1. The SMILES string of the molecule is CN(C(=O)Cn1cnc(N)n1)C1CCCc2ccccc21. The van der Waals surface area contributed by atoms with Crippen molar-refractivity contribution in [1.82, 2.24) is 19.7 Å². The third kappa shape index (κ3) is 2.74. The second-order valence-corrected chi connectivity index (χ2v) is 5.41. The van der Waals surface area contributed by atoms with Crippen LogP contribution >= 0.6 is 0 Å². The van der Waals surface area contributed by atoms with E-state index in [1.807, 2.05) is 18.0 Å². The average molecular weight is 285 g/mol. The van der Waals surface area contributed by atoms with Crippen molar-refractivity contribution in [2.75, 3.05) is 12.8 Å². The molecule has 1 aliphatic rings. The fraction of sp³-hybridized carbons (Fsp3) is 0.400. The van der Waals surface area contributed by atoms with E-state index in [-0.39, 0.29) is 24.4 Å². The maximum atomic E-state index is 12.4. The molecule has 3 rings (SSSR count). The zero-order chi connectivity index (χ0) is 14.8. The molecule has 1 atom stereocenters. The predicted octanol–water partition coefficient (Wildman–Crippen LogP) is 1.40. The molecule has 1 heterocycles. The Bertz CT molecular complexity index is 651. The molecule has 1 unspecified atom stereocenters. The number of aromatic nitrogens is 3. The molecule has 21 heavy (non-hydrogen) atoms. The van der Waals surface area contributed by atoms with Crippen LogP contribution in [0.15, 0.2) is 30.6 Å². The van der Waals surface area contributed by atoms with Gasteiger partial charge < -0.3 is 10.6 Å². The minimum Gasteiger partial charge on any atom is -0.367 e. The van der Waals surface area contributed by atoms with Crippen LogP contribution in [0.1, 0.15) is 30.0 Å². The largest absolute Gasteiger partial charge is 0.367 e. The van der Waals surface area contributed by atoms with E-state index in [0.717, 1.165) is 19.3 Å². The van der Waals surface area contributed by atoms with Crippen molar-refractivity contribution in [3.05, 3.63) is 41.7 Å². The topological polar surface area (TPSA) is 77.0 Å². The Morgan fingerprint density at radius 3 is 3.05 bits per heavy atom. The number of hydrogen-bond acceptors (Lipinski definition) is 4. The van der Waals surface area contributed by atoms with Crippen LogP contribution in [-0.2, 0) is 17.8 Å². The molecule has 2 aromatic rings. The molecule has 0 saturated carbocycles. The van der Waals surface area contributed by atoms with Crippen molar-refractivity contribution in [2.24, 2.45) is 0 Å². The van der Waals surface area contributed by atoms with Gasteiger partial charge in [-0.1, -0.05) is 24.3 Å². The Morgan fingerprint density at radius 2 is 2.29 bits per heavy atom. The molecule has 1 amide bonds. The minimum atomic E-state index is 0.0154. The lowest BCUT2D eigenvalue weighted by atomic mass is 9.87. The van der Waals surface area contributed by atoms with Crippen molar-refractivity contribution in [3.63, 3.8) is 0 Å². The van der Waals surface area contributed by atoms with Crippen LogP contribution in [0.3, 0.4) is 0 Å². The molecule has 2 N–H and O–H groups in total. The number of aryl methyl sites for hydroxylation is 1. The molecule has 1 aromatic heterocycles. The van der Waals surface area contributed by atoms with Crippen LogP contribution in [0.5, 0.6) is 0 Å². The highest BCUT2D eigenvalue weighted by Gasteiger charge is 2.26. The summed E-state index contributed by atoms with van der Waals surface area (Å²) in [5.41, 5.74) is 8.08. The van der Waals surface area contributed by atoms with Crippen LogP contribution in [-0.4, -0.2) is 32.6 Å². The minimum absolute atomic E-state index is 0.0154. The number of benzene rings is 1. The lowest BCUT2D eigenvalue weighted by Gasteiger charge is -2.33. The van der Waals surface area contributed by atoms with Gasteiger partial charge in [0.05, 0.1) is 6.04 Å². The Kier molecular flexibility index (Phi) is 3.60. The van der Waals surface area contributed by atoms with Gasteiger partial charge in [-0.25, -0.2) is 9.67 Å². The molecule has 0 spiro atoms. The molecular formula is C15H19N5O. The van der Waals surface area contributed by atoms with Gasteiger partial charge in [-0.2, -0.15) is 0 Å². The Balaban J connectivity index is 1.76. The fourth-order valence-electron chi connectivity index (χ4n) is 2.94. The fourth-order valence-corrected chi connectivity index (χ4v) is 2.94.